The summed E-state index contributed by atoms with van der Waals surface area (Å²) in [6.45, 7) is 9.67. The van der Waals surface area contributed by atoms with Gasteiger partial charge in [-0.05, 0) is 63.7 Å². The zero-order chi connectivity index (χ0) is 21.4. The van der Waals surface area contributed by atoms with E-state index in [0.717, 1.165) is 25.7 Å². The maximum Gasteiger partial charge on any atom is 0.409 e. The molecule has 3 amide bonds. The van der Waals surface area contributed by atoms with Crippen LogP contribution in [0.25, 0.3) is 0 Å². The first kappa shape index (κ1) is 23.5. The van der Waals surface area contributed by atoms with Gasteiger partial charge < -0.3 is 20.3 Å². The Bertz CT molecular complexity index is 550. The highest BCUT2D eigenvalue weighted by Gasteiger charge is 2.31. The summed E-state index contributed by atoms with van der Waals surface area (Å²) in [5.74, 6) is 0.944. The lowest BCUT2D eigenvalue weighted by Crippen LogP contribution is -2.54. The Hall–Kier alpha value is -1.79. The smallest absolute Gasteiger partial charge is 0.409 e. The molecule has 2 rings (SSSR count). The average Bonchev–Trinajstić information content (AvgIpc) is 2.68. The van der Waals surface area contributed by atoms with Crippen molar-refractivity contribution in [3.05, 3.63) is 0 Å². The molecule has 0 unspecified atom stereocenters. The number of nitrogens with one attached hydrogen (secondary N) is 2. The molecule has 2 N–H and O–H groups in total. The highest BCUT2D eigenvalue weighted by molar-refractivity contribution is 5.88. The van der Waals surface area contributed by atoms with Gasteiger partial charge in [-0.25, -0.2) is 4.79 Å². The second kappa shape index (κ2) is 11.4. The summed E-state index contributed by atoms with van der Waals surface area (Å²) in [6.07, 6.45) is 5.73. The monoisotopic (exact) mass is 409 g/mol. The van der Waals surface area contributed by atoms with Crippen LogP contribution in [0.5, 0.6) is 0 Å². The predicted molar refractivity (Wildman–Crippen MR) is 112 cm³/mol. The molecule has 7 nitrogen and oxygen atoms in total. The number of nitrogens with zero attached hydrogens (tertiary/aromatic N) is 1. The van der Waals surface area contributed by atoms with Gasteiger partial charge in [0, 0.05) is 25.0 Å². The lowest BCUT2D eigenvalue weighted by molar-refractivity contribution is -0.132. The molecule has 2 fully saturated rings. The van der Waals surface area contributed by atoms with Gasteiger partial charge in [0.2, 0.25) is 11.8 Å². The molecule has 0 radical (unpaired) electrons. The van der Waals surface area contributed by atoms with E-state index in [4.69, 9.17) is 4.74 Å². The molecule has 2 aliphatic rings. The molecule has 166 valence electrons. The minimum atomic E-state index is -0.495. The van der Waals surface area contributed by atoms with Gasteiger partial charge in [0.1, 0.15) is 6.04 Å². The number of likely N-dealkylation sites (tertiary alicyclic amines) is 1. The summed E-state index contributed by atoms with van der Waals surface area (Å²) >= 11 is 0. The van der Waals surface area contributed by atoms with Crippen LogP contribution in [-0.2, 0) is 14.3 Å². The zero-order valence-corrected chi connectivity index (χ0v) is 18.5. The minimum Gasteiger partial charge on any atom is -0.450 e. The van der Waals surface area contributed by atoms with Crippen molar-refractivity contribution in [2.75, 3.05) is 19.7 Å². The third-order valence-electron chi connectivity index (χ3n) is 6.09. The van der Waals surface area contributed by atoms with Crippen molar-refractivity contribution in [1.29, 1.82) is 0 Å². The minimum absolute atomic E-state index is 0.0230. The fraction of sp³-hybridized carbons (Fsp3) is 0.864. The van der Waals surface area contributed by atoms with Crippen LogP contribution in [0.1, 0.15) is 72.6 Å². The molecule has 0 spiro atoms. The van der Waals surface area contributed by atoms with E-state index in [-0.39, 0.29) is 29.9 Å². The summed E-state index contributed by atoms with van der Waals surface area (Å²) < 4.78 is 5.04. The van der Waals surface area contributed by atoms with Crippen LogP contribution >= 0.6 is 0 Å². The zero-order valence-electron chi connectivity index (χ0n) is 18.5. The Morgan fingerprint density at radius 1 is 1.03 bits per heavy atom. The number of hydrogen-bond donors (Lipinski definition) is 2. The van der Waals surface area contributed by atoms with Gasteiger partial charge in [0.15, 0.2) is 0 Å². The van der Waals surface area contributed by atoms with Crippen LogP contribution in [-0.4, -0.2) is 54.6 Å². The number of carbonyl (C=O) groups is 3. The van der Waals surface area contributed by atoms with Crippen LogP contribution in [0.4, 0.5) is 4.79 Å². The number of ether oxygens (including phenoxy) is 1. The van der Waals surface area contributed by atoms with E-state index in [1.54, 1.807) is 11.8 Å². The molecule has 1 aliphatic carbocycles. The van der Waals surface area contributed by atoms with Gasteiger partial charge in [-0.15, -0.1) is 0 Å². The Morgan fingerprint density at radius 3 is 2.21 bits per heavy atom. The molecule has 0 bridgehead atoms. The lowest BCUT2D eigenvalue weighted by atomic mass is 9.82. The van der Waals surface area contributed by atoms with Crippen LogP contribution in [0.3, 0.4) is 0 Å². The van der Waals surface area contributed by atoms with Crippen molar-refractivity contribution < 1.29 is 19.1 Å². The fourth-order valence-electron chi connectivity index (χ4n) is 4.24. The maximum atomic E-state index is 12.9. The number of hydrogen-bond acceptors (Lipinski definition) is 4. The quantitative estimate of drug-likeness (QED) is 0.676. The summed E-state index contributed by atoms with van der Waals surface area (Å²) in [7, 11) is 0. The standard InChI is InChI=1S/C22H39N3O4/c1-5-29-22(28)25-12-10-18(11-13-25)23-21(27)19(14-15(2)3)24-20(26)17-8-6-16(4)7-9-17/h15-19H,5-14H2,1-4H3,(H,23,27)(H,24,26)/t16?,17?,19-/m1/s1. The Balaban J connectivity index is 1.85. The second-order valence-corrected chi connectivity index (χ2v) is 9.12. The van der Waals surface area contributed by atoms with Gasteiger partial charge >= 0.3 is 6.09 Å². The molecule has 29 heavy (non-hydrogen) atoms. The highest BCUT2D eigenvalue weighted by atomic mass is 16.6. The molecule has 1 saturated carbocycles. The summed E-state index contributed by atoms with van der Waals surface area (Å²) in [5.41, 5.74) is 0. The van der Waals surface area contributed by atoms with Gasteiger partial charge in [0.25, 0.3) is 0 Å². The number of carbonyl (C=O) groups excluding carboxylic acids is 3. The third kappa shape index (κ3) is 7.52. The van der Waals surface area contributed by atoms with Gasteiger partial charge in [-0.2, -0.15) is 0 Å². The number of rotatable bonds is 7. The molecule has 0 aromatic heterocycles. The van der Waals surface area contributed by atoms with Gasteiger partial charge in [-0.3, -0.25) is 9.59 Å². The topological polar surface area (TPSA) is 87.7 Å². The Labute approximate surface area is 175 Å². The summed E-state index contributed by atoms with van der Waals surface area (Å²) in [5, 5.41) is 6.13. The first-order valence-corrected chi connectivity index (χ1v) is 11.3. The van der Waals surface area contributed by atoms with E-state index < -0.39 is 6.04 Å². The van der Waals surface area contributed by atoms with Crippen molar-refractivity contribution in [2.45, 2.75) is 84.7 Å². The Morgan fingerprint density at radius 2 is 1.66 bits per heavy atom. The van der Waals surface area contributed by atoms with Crippen molar-refractivity contribution in [1.82, 2.24) is 15.5 Å². The summed E-state index contributed by atoms with van der Waals surface area (Å²) in [6, 6.07) is -0.472. The molecular formula is C22H39N3O4. The molecule has 1 saturated heterocycles. The van der Waals surface area contributed by atoms with Crippen molar-refractivity contribution >= 4 is 17.9 Å². The van der Waals surface area contributed by atoms with E-state index >= 15 is 0 Å². The van der Waals surface area contributed by atoms with E-state index in [1.807, 2.05) is 0 Å². The molecule has 0 aromatic carbocycles. The van der Waals surface area contributed by atoms with Crippen molar-refractivity contribution in [3.63, 3.8) is 0 Å². The molecular weight excluding hydrogens is 370 g/mol. The van der Waals surface area contributed by atoms with Crippen LogP contribution in [0.15, 0.2) is 0 Å². The predicted octanol–water partition coefficient (Wildman–Crippen LogP) is 3.08. The SMILES string of the molecule is CCOC(=O)N1CCC(NC(=O)[C@@H](CC(C)C)NC(=O)C2CCC(C)CC2)CC1. The van der Waals surface area contributed by atoms with Crippen molar-refractivity contribution in [2.24, 2.45) is 17.8 Å². The molecule has 1 heterocycles. The Kier molecular flexibility index (Phi) is 9.24. The molecule has 1 atom stereocenters. The van der Waals surface area contributed by atoms with E-state index in [0.29, 0.717) is 50.8 Å². The number of amides is 3. The largest absolute Gasteiger partial charge is 0.450 e. The van der Waals surface area contributed by atoms with Gasteiger partial charge in [0.05, 0.1) is 6.61 Å². The second-order valence-electron chi connectivity index (χ2n) is 9.12. The molecule has 1 aliphatic heterocycles. The number of piperidine rings is 1. The first-order chi connectivity index (χ1) is 13.8. The molecule has 7 heteroatoms. The maximum absolute atomic E-state index is 12.9. The van der Waals surface area contributed by atoms with Crippen LogP contribution < -0.4 is 10.6 Å². The van der Waals surface area contributed by atoms with E-state index in [1.165, 1.54) is 0 Å². The molecule has 0 aromatic rings. The van der Waals surface area contributed by atoms with Crippen LogP contribution in [0, 0.1) is 17.8 Å². The first-order valence-electron chi connectivity index (χ1n) is 11.3. The average molecular weight is 410 g/mol. The highest BCUT2D eigenvalue weighted by Crippen LogP contribution is 2.28. The van der Waals surface area contributed by atoms with Crippen LogP contribution in [0.2, 0.25) is 0 Å². The lowest BCUT2D eigenvalue weighted by Gasteiger charge is -2.33. The normalized spacial score (nSPS) is 24.1. The summed E-state index contributed by atoms with van der Waals surface area (Å²) in [4.78, 5) is 39.1. The van der Waals surface area contributed by atoms with E-state index in [2.05, 4.69) is 31.4 Å². The fourth-order valence-corrected chi connectivity index (χ4v) is 4.24. The third-order valence-corrected chi connectivity index (χ3v) is 6.09. The van der Waals surface area contributed by atoms with Gasteiger partial charge in [-0.1, -0.05) is 20.8 Å². The van der Waals surface area contributed by atoms with E-state index in [9.17, 15) is 14.4 Å². The van der Waals surface area contributed by atoms with Crippen molar-refractivity contribution in [3.8, 4) is 0 Å².